The molecule has 0 fully saturated rings. The Morgan fingerprint density at radius 2 is 1.71 bits per heavy atom. The highest BCUT2D eigenvalue weighted by molar-refractivity contribution is 5.24. The summed E-state index contributed by atoms with van der Waals surface area (Å²) in [4.78, 5) is 0. The van der Waals surface area contributed by atoms with E-state index >= 15 is 0 Å². The van der Waals surface area contributed by atoms with E-state index in [9.17, 15) is 9.50 Å². The lowest BCUT2D eigenvalue weighted by Gasteiger charge is -2.37. The minimum Gasteiger partial charge on any atom is -0.385 e. The van der Waals surface area contributed by atoms with Crippen LogP contribution in [0.1, 0.15) is 33.3 Å². The Kier molecular flexibility index (Phi) is 2.68. The van der Waals surface area contributed by atoms with E-state index < -0.39 is 5.60 Å². The Balaban J connectivity index is 3.16. The van der Waals surface area contributed by atoms with Crippen LogP contribution in [-0.2, 0) is 5.60 Å². The highest BCUT2D eigenvalue weighted by atomic mass is 19.1. The molecule has 1 atom stereocenters. The van der Waals surface area contributed by atoms with Crippen molar-refractivity contribution >= 4 is 0 Å². The third-order valence-electron chi connectivity index (χ3n) is 2.85. The lowest BCUT2D eigenvalue weighted by molar-refractivity contribution is -0.0472. The predicted octanol–water partition coefficient (Wildman–Crippen LogP) is 3.08. The minimum atomic E-state index is -1.02. The first-order valence-corrected chi connectivity index (χ1v) is 4.73. The van der Waals surface area contributed by atoms with E-state index in [0.29, 0.717) is 5.56 Å². The molecule has 0 spiro atoms. The molecule has 0 aliphatic rings. The Bertz CT molecular complexity index is 323. The zero-order valence-electron chi connectivity index (χ0n) is 9.13. The smallest absolute Gasteiger partial charge is 0.123 e. The van der Waals surface area contributed by atoms with Crippen LogP contribution in [0, 0.1) is 11.2 Å². The average Bonchev–Trinajstić information content (AvgIpc) is 2.02. The van der Waals surface area contributed by atoms with Crippen molar-refractivity contribution < 1.29 is 9.50 Å². The fourth-order valence-corrected chi connectivity index (χ4v) is 1.22. The summed E-state index contributed by atoms with van der Waals surface area (Å²) in [6.45, 7) is 7.50. The topological polar surface area (TPSA) is 20.2 Å². The highest BCUT2D eigenvalue weighted by Crippen LogP contribution is 2.38. The average molecular weight is 196 g/mol. The third-order valence-corrected chi connectivity index (χ3v) is 2.85. The first-order valence-electron chi connectivity index (χ1n) is 4.73. The molecular weight excluding hydrogens is 179 g/mol. The van der Waals surface area contributed by atoms with Gasteiger partial charge in [-0.1, -0.05) is 32.9 Å². The maximum Gasteiger partial charge on any atom is 0.123 e. The molecule has 0 radical (unpaired) electrons. The maximum absolute atomic E-state index is 13.0. The second kappa shape index (κ2) is 3.35. The van der Waals surface area contributed by atoms with Crippen molar-refractivity contribution in [2.75, 3.05) is 0 Å². The number of halogens is 1. The number of rotatable bonds is 1. The Morgan fingerprint density at radius 1 is 1.14 bits per heavy atom. The molecule has 0 saturated heterocycles. The van der Waals surface area contributed by atoms with Crippen LogP contribution in [-0.4, -0.2) is 5.11 Å². The molecule has 78 valence electrons. The van der Waals surface area contributed by atoms with Crippen molar-refractivity contribution in [3.05, 3.63) is 35.6 Å². The van der Waals surface area contributed by atoms with E-state index in [-0.39, 0.29) is 11.2 Å². The monoisotopic (exact) mass is 196 g/mol. The van der Waals surface area contributed by atoms with E-state index in [1.165, 1.54) is 12.1 Å². The third kappa shape index (κ3) is 1.95. The lowest BCUT2D eigenvalue weighted by atomic mass is 9.73. The molecule has 0 heterocycles. The summed E-state index contributed by atoms with van der Waals surface area (Å²) in [7, 11) is 0. The Hall–Kier alpha value is -0.890. The number of hydrogen-bond donors (Lipinski definition) is 1. The second-order valence-corrected chi connectivity index (χ2v) is 4.83. The van der Waals surface area contributed by atoms with Crippen LogP contribution in [0.3, 0.4) is 0 Å². The molecular formula is C12H17FO. The molecule has 0 amide bonds. The van der Waals surface area contributed by atoms with Crippen molar-refractivity contribution in [2.45, 2.75) is 33.3 Å². The SMILES string of the molecule is CC(C)(C)C(C)(O)c1cccc(F)c1. The zero-order valence-corrected chi connectivity index (χ0v) is 9.13. The molecule has 1 nitrogen and oxygen atoms in total. The summed E-state index contributed by atoms with van der Waals surface area (Å²) < 4.78 is 13.0. The van der Waals surface area contributed by atoms with Gasteiger partial charge in [0.15, 0.2) is 0 Å². The molecule has 1 aromatic rings. The molecule has 14 heavy (non-hydrogen) atoms. The van der Waals surface area contributed by atoms with E-state index in [4.69, 9.17) is 0 Å². The maximum atomic E-state index is 13.0. The van der Waals surface area contributed by atoms with Gasteiger partial charge in [0.25, 0.3) is 0 Å². The van der Waals surface area contributed by atoms with Crippen LogP contribution in [0.5, 0.6) is 0 Å². The van der Waals surface area contributed by atoms with Gasteiger partial charge in [-0.05, 0) is 30.0 Å². The largest absolute Gasteiger partial charge is 0.385 e. The van der Waals surface area contributed by atoms with Crippen molar-refractivity contribution in [3.63, 3.8) is 0 Å². The van der Waals surface area contributed by atoms with Gasteiger partial charge in [-0.15, -0.1) is 0 Å². The summed E-state index contributed by atoms with van der Waals surface area (Å²) in [5, 5.41) is 10.3. The van der Waals surface area contributed by atoms with E-state index in [1.54, 1.807) is 19.1 Å². The summed E-state index contributed by atoms with van der Waals surface area (Å²) in [6, 6.07) is 6.12. The molecule has 2 heteroatoms. The first kappa shape index (κ1) is 11.2. The molecule has 0 aliphatic carbocycles. The van der Waals surface area contributed by atoms with Crippen molar-refractivity contribution in [2.24, 2.45) is 5.41 Å². The van der Waals surface area contributed by atoms with Gasteiger partial charge >= 0.3 is 0 Å². The van der Waals surface area contributed by atoms with Crippen molar-refractivity contribution in [1.82, 2.24) is 0 Å². The van der Waals surface area contributed by atoms with Gasteiger partial charge in [0, 0.05) is 0 Å². The summed E-state index contributed by atoms with van der Waals surface area (Å²) in [5.74, 6) is -0.313. The molecule has 1 unspecified atom stereocenters. The van der Waals surface area contributed by atoms with E-state index in [0.717, 1.165) is 0 Å². The number of hydrogen-bond acceptors (Lipinski definition) is 1. The fraction of sp³-hybridized carbons (Fsp3) is 0.500. The fourth-order valence-electron chi connectivity index (χ4n) is 1.22. The van der Waals surface area contributed by atoms with Crippen LogP contribution in [0.4, 0.5) is 4.39 Å². The van der Waals surface area contributed by atoms with Gasteiger partial charge in [-0.3, -0.25) is 0 Å². The molecule has 0 saturated carbocycles. The Labute approximate surface area is 84.6 Å². The van der Waals surface area contributed by atoms with Crippen molar-refractivity contribution in [3.8, 4) is 0 Å². The van der Waals surface area contributed by atoms with Gasteiger partial charge < -0.3 is 5.11 Å². The molecule has 1 rings (SSSR count). The molecule has 1 N–H and O–H groups in total. The van der Waals surface area contributed by atoms with Gasteiger partial charge in [-0.2, -0.15) is 0 Å². The number of benzene rings is 1. The van der Waals surface area contributed by atoms with Gasteiger partial charge in [0.1, 0.15) is 5.82 Å². The minimum absolute atomic E-state index is 0.313. The molecule has 1 aromatic carbocycles. The molecule has 0 aliphatic heterocycles. The molecule has 0 bridgehead atoms. The Morgan fingerprint density at radius 3 is 2.14 bits per heavy atom. The van der Waals surface area contributed by atoms with Crippen LogP contribution >= 0.6 is 0 Å². The predicted molar refractivity (Wildman–Crippen MR) is 55.4 cm³/mol. The van der Waals surface area contributed by atoms with Gasteiger partial charge in [0.05, 0.1) is 5.60 Å². The van der Waals surface area contributed by atoms with E-state index in [1.807, 2.05) is 20.8 Å². The lowest BCUT2D eigenvalue weighted by Crippen LogP contribution is -2.36. The van der Waals surface area contributed by atoms with Gasteiger partial charge in [0.2, 0.25) is 0 Å². The van der Waals surface area contributed by atoms with E-state index in [2.05, 4.69) is 0 Å². The number of aliphatic hydroxyl groups is 1. The highest BCUT2D eigenvalue weighted by Gasteiger charge is 2.36. The molecule has 0 aromatic heterocycles. The van der Waals surface area contributed by atoms with Crippen LogP contribution < -0.4 is 0 Å². The zero-order chi connectivity index (χ0) is 11.0. The summed E-state index contributed by atoms with van der Waals surface area (Å²) >= 11 is 0. The quantitative estimate of drug-likeness (QED) is 0.731. The second-order valence-electron chi connectivity index (χ2n) is 4.83. The standard InChI is InChI=1S/C12H17FO/c1-11(2,3)12(4,14)9-6-5-7-10(13)8-9/h5-8,14H,1-4H3. The first-order chi connectivity index (χ1) is 6.25. The van der Waals surface area contributed by atoms with Crippen LogP contribution in [0.15, 0.2) is 24.3 Å². The van der Waals surface area contributed by atoms with Crippen LogP contribution in [0.25, 0.3) is 0 Å². The summed E-state index contributed by atoms with van der Waals surface area (Å²) in [5.41, 5.74) is -0.722. The van der Waals surface area contributed by atoms with Crippen LogP contribution in [0.2, 0.25) is 0 Å². The normalized spacial score (nSPS) is 16.4. The van der Waals surface area contributed by atoms with Gasteiger partial charge in [-0.25, -0.2) is 4.39 Å². The van der Waals surface area contributed by atoms with Crippen molar-refractivity contribution in [1.29, 1.82) is 0 Å². The summed E-state index contributed by atoms with van der Waals surface area (Å²) in [6.07, 6.45) is 0.